The molecular weight excluding hydrogens is 245 g/mol. The van der Waals surface area contributed by atoms with Gasteiger partial charge in [-0.15, -0.1) is 0 Å². The molecule has 0 fully saturated rings. The van der Waals surface area contributed by atoms with Crippen LogP contribution >= 0.6 is 23.2 Å². The number of hydrogen-bond acceptors (Lipinski definition) is 2. The molecule has 0 saturated heterocycles. The van der Waals surface area contributed by atoms with E-state index in [0.29, 0.717) is 16.0 Å². The van der Waals surface area contributed by atoms with Crippen molar-refractivity contribution in [1.82, 2.24) is 0 Å². The predicted molar refractivity (Wildman–Crippen MR) is 69.0 cm³/mol. The molecule has 1 aromatic rings. The Bertz CT molecular complexity index is 355. The highest BCUT2D eigenvalue weighted by Crippen LogP contribution is 2.32. The normalized spacial score (nSPS) is 15.2. The quantitative estimate of drug-likeness (QED) is 0.898. The minimum absolute atomic E-state index is 0.0732. The van der Waals surface area contributed by atoms with Crippen LogP contribution in [0.2, 0.25) is 10.0 Å². The lowest BCUT2D eigenvalue weighted by Gasteiger charge is -2.27. The highest BCUT2D eigenvalue weighted by molar-refractivity contribution is 6.42. The largest absolute Gasteiger partial charge is 0.379 e. The maximum Gasteiger partial charge on any atom is 0.0787 e. The molecule has 4 heteroatoms. The summed E-state index contributed by atoms with van der Waals surface area (Å²) in [5.41, 5.74) is 6.98. The molecule has 0 heterocycles. The van der Waals surface area contributed by atoms with E-state index < -0.39 is 0 Å². The Morgan fingerprint density at radius 2 is 1.88 bits per heavy atom. The summed E-state index contributed by atoms with van der Waals surface area (Å²) < 4.78 is 5.40. The zero-order chi connectivity index (χ0) is 12.3. The van der Waals surface area contributed by atoms with Gasteiger partial charge in [-0.3, -0.25) is 0 Å². The first-order valence-electron chi connectivity index (χ1n) is 5.21. The molecule has 1 rings (SSSR count). The van der Waals surface area contributed by atoms with Crippen LogP contribution in [0.15, 0.2) is 18.2 Å². The number of halogens is 2. The maximum absolute atomic E-state index is 6.15. The van der Waals surface area contributed by atoms with E-state index in [9.17, 15) is 0 Å². The number of rotatable bonds is 4. The van der Waals surface area contributed by atoms with Gasteiger partial charge in [-0.1, -0.05) is 49.2 Å². The van der Waals surface area contributed by atoms with Crippen LogP contribution in [0.3, 0.4) is 0 Å². The predicted octanol–water partition coefficient (Wildman–Crippen LogP) is 3.66. The van der Waals surface area contributed by atoms with Crippen LogP contribution in [0, 0.1) is 5.92 Å². The molecular formula is C12H17Cl2NO. The van der Waals surface area contributed by atoms with E-state index in [1.54, 1.807) is 13.2 Å². The molecule has 16 heavy (non-hydrogen) atoms. The van der Waals surface area contributed by atoms with E-state index in [0.717, 1.165) is 5.56 Å². The van der Waals surface area contributed by atoms with Gasteiger partial charge in [0, 0.05) is 7.11 Å². The van der Waals surface area contributed by atoms with Gasteiger partial charge in [0.1, 0.15) is 0 Å². The molecule has 0 radical (unpaired) electrons. The van der Waals surface area contributed by atoms with E-state index in [1.807, 2.05) is 12.1 Å². The number of hydrogen-bond donors (Lipinski definition) is 1. The van der Waals surface area contributed by atoms with Gasteiger partial charge in [-0.25, -0.2) is 0 Å². The van der Waals surface area contributed by atoms with Gasteiger partial charge in [0.25, 0.3) is 0 Å². The third-order valence-electron chi connectivity index (χ3n) is 2.62. The van der Waals surface area contributed by atoms with E-state index in [4.69, 9.17) is 33.7 Å². The molecule has 2 atom stereocenters. The molecule has 0 aromatic heterocycles. The molecule has 1 aromatic carbocycles. The SMILES string of the molecule is COC(C(C)C)C(N)c1cccc(Cl)c1Cl. The summed E-state index contributed by atoms with van der Waals surface area (Å²) in [6.07, 6.45) is -0.0732. The lowest BCUT2D eigenvalue weighted by molar-refractivity contribution is 0.0437. The molecule has 0 amide bonds. The molecule has 90 valence electrons. The van der Waals surface area contributed by atoms with Gasteiger partial charge in [0.05, 0.1) is 22.2 Å². The van der Waals surface area contributed by atoms with Gasteiger partial charge in [-0.2, -0.15) is 0 Å². The fraction of sp³-hybridized carbons (Fsp3) is 0.500. The second kappa shape index (κ2) is 5.87. The topological polar surface area (TPSA) is 35.2 Å². The average molecular weight is 262 g/mol. The molecule has 2 unspecified atom stereocenters. The van der Waals surface area contributed by atoms with E-state index >= 15 is 0 Å². The van der Waals surface area contributed by atoms with Crippen molar-refractivity contribution in [3.63, 3.8) is 0 Å². The van der Waals surface area contributed by atoms with Crippen molar-refractivity contribution >= 4 is 23.2 Å². The van der Waals surface area contributed by atoms with E-state index in [-0.39, 0.29) is 12.1 Å². The van der Waals surface area contributed by atoms with Gasteiger partial charge >= 0.3 is 0 Å². The van der Waals surface area contributed by atoms with E-state index in [2.05, 4.69) is 13.8 Å². The van der Waals surface area contributed by atoms with Crippen LogP contribution in [0.5, 0.6) is 0 Å². The molecule has 2 N–H and O–H groups in total. The van der Waals surface area contributed by atoms with Gasteiger partial charge < -0.3 is 10.5 Å². The van der Waals surface area contributed by atoms with Gasteiger partial charge in [0.2, 0.25) is 0 Å². The highest BCUT2D eigenvalue weighted by Gasteiger charge is 2.24. The maximum atomic E-state index is 6.15. The van der Waals surface area contributed by atoms with Crippen LogP contribution in [-0.2, 0) is 4.74 Å². The van der Waals surface area contributed by atoms with Crippen molar-refractivity contribution in [2.45, 2.75) is 26.0 Å². The van der Waals surface area contributed by atoms with Crippen molar-refractivity contribution in [3.05, 3.63) is 33.8 Å². The van der Waals surface area contributed by atoms with Crippen molar-refractivity contribution in [1.29, 1.82) is 0 Å². The van der Waals surface area contributed by atoms with Crippen LogP contribution in [0.4, 0.5) is 0 Å². The lowest BCUT2D eigenvalue weighted by Crippen LogP contribution is -2.32. The molecule has 0 aliphatic heterocycles. The molecule has 2 nitrogen and oxygen atoms in total. The standard InChI is InChI=1S/C12H17Cl2NO/c1-7(2)12(16-3)11(15)8-5-4-6-9(13)10(8)14/h4-7,11-12H,15H2,1-3H3. The Kier molecular flexibility index (Phi) is 5.06. The van der Waals surface area contributed by atoms with E-state index in [1.165, 1.54) is 0 Å². The van der Waals surface area contributed by atoms with Crippen LogP contribution in [0.1, 0.15) is 25.5 Å². The minimum atomic E-state index is -0.267. The lowest BCUT2D eigenvalue weighted by atomic mass is 9.94. The van der Waals surface area contributed by atoms with Gasteiger partial charge in [-0.05, 0) is 17.5 Å². The van der Waals surface area contributed by atoms with Crippen molar-refractivity contribution in [2.24, 2.45) is 11.7 Å². The highest BCUT2D eigenvalue weighted by atomic mass is 35.5. The summed E-state index contributed by atoms with van der Waals surface area (Å²) in [4.78, 5) is 0. The summed E-state index contributed by atoms with van der Waals surface area (Å²) in [5, 5.41) is 1.03. The third kappa shape index (κ3) is 2.89. The Morgan fingerprint density at radius 1 is 1.25 bits per heavy atom. The first kappa shape index (κ1) is 13.8. The number of nitrogens with two attached hydrogens (primary N) is 1. The first-order valence-corrected chi connectivity index (χ1v) is 5.97. The summed E-state index contributed by atoms with van der Waals surface area (Å²) in [6, 6.07) is 5.21. The fourth-order valence-electron chi connectivity index (χ4n) is 1.79. The Labute approximate surface area is 107 Å². The zero-order valence-corrected chi connectivity index (χ0v) is 11.2. The fourth-order valence-corrected chi connectivity index (χ4v) is 2.22. The van der Waals surface area contributed by atoms with Crippen LogP contribution < -0.4 is 5.73 Å². The molecule has 0 spiro atoms. The van der Waals surface area contributed by atoms with Crippen molar-refractivity contribution < 1.29 is 4.74 Å². The molecule has 0 aliphatic rings. The molecule has 0 aliphatic carbocycles. The Hall–Kier alpha value is -0.280. The monoisotopic (exact) mass is 261 g/mol. The van der Waals surface area contributed by atoms with Crippen molar-refractivity contribution in [3.8, 4) is 0 Å². The Morgan fingerprint density at radius 3 is 2.38 bits per heavy atom. The minimum Gasteiger partial charge on any atom is -0.379 e. The van der Waals surface area contributed by atoms with Crippen LogP contribution in [0.25, 0.3) is 0 Å². The third-order valence-corrected chi connectivity index (χ3v) is 3.46. The van der Waals surface area contributed by atoms with Gasteiger partial charge in [0.15, 0.2) is 0 Å². The molecule has 0 bridgehead atoms. The smallest absolute Gasteiger partial charge is 0.0787 e. The van der Waals surface area contributed by atoms with Crippen molar-refractivity contribution in [2.75, 3.05) is 7.11 Å². The second-order valence-electron chi connectivity index (χ2n) is 4.11. The summed E-state index contributed by atoms with van der Waals surface area (Å²) in [5.74, 6) is 0.315. The average Bonchev–Trinajstić information content (AvgIpc) is 2.22. The first-order chi connectivity index (χ1) is 7.49. The van der Waals surface area contributed by atoms with Crippen LogP contribution in [-0.4, -0.2) is 13.2 Å². The summed E-state index contributed by atoms with van der Waals surface area (Å²) >= 11 is 12.1. The zero-order valence-electron chi connectivity index (χ0n) is 9.71. The second-order valence-corrected chi connectivity index (χ2v) is 4.90. The number of methoxy groups -OCH3 is 1. The summed E-state index contributed by atoms with van der Waals surface area (Å²) in [6.45, 7) is 4.12. The number of benzene rings is 1. The Balaban J connectivity index is 3.03. The summed E-state index contributed by atoms with van der Waals surface area (Å²) in [7, 11) is 1.66. The molecule has 0 saturated carbocycles. The number of ether oxygens (including phenoxy) is 1.